The second-order valence-electron chi connectivity index (χ2n) is 5.84. The van der Waals surface area contributed by atoms with Gasteiger partial charge in [-0.2, -0.15) is 11.8 Å². The molecule has 1 saturated heterocycles. The molecule has 1 aromatic carbocycles. The van der Waals surface area contributed by atoms with E-state index in [-0.39, 0.29) is 6.10 Å². The van der Waals surface area contributed by atoms with E-state index in [2.05, 4.69) is 25.1 Å². The molecule has 1 fully saturated rings. The molecule has 1 aliphatic heterocycles. The first-order valence-corrected chi connectivity index (χ1v) is 8.93. The number of fused-ring (bicyclic) bond motifs is 1. The van der Waals surface area contributed by atoms with Gasteiger partial charge in [-0.05, 0) is 30.2 Å². The lowest BCUT2D eigenvalue weighted by Gasteiger charge is -2.39. The Kier molecular flexibility index (Phi) is 5.17. The van der Waals surface area contributed by atoms with Crippen molar-refractivity contribution in [3.63, 3.8) is 0 Å². The Labute approximate surface area is 141 Å². The molecule has 0 saturated carbocycles. The average molecular weight is 337 g/mol. The Bertz CT molecular complexity index is 584. The third-order valence-electron chi connectivity index (χ3n) is 4.16. The van der Waals surface area contributed by atoms with Crippen LogP contribution in [-0.4, -0.2) is 23.7 Å². The summed E-state index contributed by atoms with van der Waals surface area (Å²) in [5, 5.41) is 1.90. The van der Waals surface area contributed by atoms with Gasteiger partial charge in [-0.1, -0.05) is 42.8 Å². The van der Waals surface area contributed by atoms with Crippen LogP contribution in [-0.2, 0) is 11.3 Å². The molecule has 4 atom stereocenters. The highest BCUT2D eigenvalue weighted by Crippen LogP contribution is 2.42. The van der Waals surface area contributed by atoms with Crippen LogP contribution in [0.25, 0.3) is 0 Å². The normalized spacial score (nSPS) is 30.6. The first kappa shape index (κ1) is 16.0. The van der Waals surface area contributed by atoms with E-state index in [1.807, 2.05) is 36.0 Å². The SMILES string of the molecule is COc1cccc(CO[C@H]2C[C@H](C)S[C@@H]3C=CC(Cl)=C[C@H]23)c1. The van der Waals surface area contributed by atoms with Crippen molar-refractivity contribution in [2.24, 2.45) is 5.92 Å². The van der Waals surface area contributed by atoms with Crippen LogP contribution < -0.4 is 4.74 Å². The van der Waals surface area contributed by atoms with Gasteiger partial charge in [-0.3, -0.25) is 0 Å². The summed E-state index contributed by atoms with van der Waals surface area (Å²) >= 11 is 8.20. The first-order valence-electron chi connectivity index (χ1n) is 7.61. The van der Waals surface area contributed by atoms with Gasteiger partial charge in [0.15, 0.2) is 0 Å². The van der Waals surface area contributed by atoms with E-state index in [1.54, 1.807) is 7.11 Å². The van der Waals surface area contributed by atoms with Crippen LogP contribution in [0.1, 0.15) is 18.9 Å². The lowest BCUT2D eigenvalue weighted by atomic mass is 9.90. The van der Waals surface area contributed by atoms with Gasteiger partial charge in [0.1, 0.15) is 5.75 Å². The quantitative estimate of drug-likeness (QED) is 0.788. The largest absolute Gasteiger partial charge is 0.497 e. The van der Waals surface area contributed by atoms with Crippen molar-refractivity contribution < 1.29 is 9.47 Å². The predicted molar refractivity (Wildman–Crippen MR) is 93.6 cm³/mol. The van der Waals surface area contributed by atoms with Gasteiger partial charge in [0.25, 0.3) is 0 Å². The number of benzene rings is 1. The van der Waals surface area contributed by atoms with E-state index in [0.29, 0.717) is 23.0 Å². The number of thioether (sulfide) groups is 1. The standard InChI is InChI=1S/C18H21ClO2S/c1-12-8-17(16-10-14(19)6-7-18(16)22-12)21-11-13-4-3-5-15(9-13)20-2/h3-7,9-10,12,16-18H,8,11H2,1-2H3/t12-,16+,17-,18+/m0/s1. The molecule has 0 N–H and O–H groups in total. The van der Waals surface area contributed by atoms with Crippen molar-refractivity contribution in [3.8, 4) is 5.75 Å². The minimum Gasteiger partial charge on any atom is -0.497 e. The van der Waals surface area contributed by atoms with Crippen molar-refractivity contribution in [2.45, 2.75) is 36.6 Å². The second kappa shape index (κ2) is 7.12. The summed E-state index contributed by atoms with van der Waals surface area (Å²) in [5.41, 5.74) is 1.14. The van der Waals surface area contributed by atoms with Crippen molar-refractivity contribution >= 4 is 23.4 Å². The number of hydrogen-bond acceptors (Lipinski definition) is 3. The van der Waals surface area contributed by atoms with E-state index in [9.17, 15) is 0 Å². The molecule has 2 aliphatic rings. The number of rotatable bonds is 4. The summed E-state index contributed by atoms with van der Waals surface area (Å²) in [7, 11) is 1.69. The summed E-state index contributed by atoms with van der Waals surface area (Å²) in [6.45, 7) is 2.88. The molecule has 0 unspecified atom stereocenters. The third kappa shape index (κ3) is 3.70. The van der Waals surface area contributed by atoms with Crippen LogP contribution in [0, 0.1) is 5.92 Å². The van der Waals surface area contributed by atoms with Gasteiger partial charge in [0.2, 0.25) is 0 Å². The van der Waals surface area contributed by atoms with Gasteiger partial charge in [0.05, 0.1) is 19.8 Å². The highest BCUT2D eigenvalue weighted by molar-refractivity contribution is 8.00. The summed E-state index contributed by atoms with van der Waals surface area (Å²) < 4.78 is 11.5. The minimum atomic E-state index is 0.214. The van der Waals surface area contributed by atoms with Crippen LogP contribution in [0.15, 0.2) is 47.5 Å². The fourth-order valence-corrected chi connectivity index (χ4v) is 4.72. The van der Waals surface area contributed by atoms with E-state index < -0.39 is 0 Å². The summed E-state index contributed by atoms with van der Waals surface area (Å²) in [5.74, 6) is 1.24. The van der Waals surface area contributed by atoms with E-state index in [4.69, 9.17) is 21.1 Å². The number of halogens is 1. The maximum Gasteiger partial charge on any atom is 0.119 e. The van der Waals surface area contributed by atoms with Gasteiger partial charge >= 0.3 is 0 Å². The smallest absolute Gasteiger partial charge is 0.119 e. The number of methoxy groups -OCH3 is 1. The molecule has 1 heterocycles. The van der Waals surface area contributed by atoms with Crippen LogP contribution in [0.3, 0.4) is 0 Å². The monoisotopic (exact) mass is 336 g/mol. The first-order chi connectivity index (χ1) is 10.7. The molecule has 0 radical (unpaired) electrons. The summed E-state index contributed by atoms with van der Waals surface area (Å²) in [6, 6.07) is 8.06. The molecule has 118 valence electrons. The molecular formula is C18H21ClO2S. The van der Waals surface area contributed by atoms with Crippen molar-refractivity contribution in [1.82, 2.24) is 0 Å². The van der Waals surface area contributed by atoms with E-state index in [1.165, 1.54) is 0 Å². The average Bonchev–Trinajstić information content (AvgIpc) is 2.53. The zero-order valence-electron chi connectivity index (χ0n) is 12.9. The highest BCUT2D eigenvalue weighted by Gasteiger charge is 2.36. The Morgan fingerprint density at radius 3 is 3.05 bits per heavy atom. The molecule has 2 nitrogen and oxygen atoms in total. The topological polar surface area (TPSA) is 18.5 Å². The summed E-state index contributed by atoms with van der Waals surface area (Å²) in [6.07, 6.45) is 7.65. The van der Waals surface area contributed by atoms with Crippen molar-refractivity contribution in [3.05, 3.63) is 53.1 Å². The molecule has 3 rings (SSSR count). The molecule has 4 heteroatoms. The Morgan fingerprint density at radius 2 is 2.23 bits per heavy atom. The van der Waals surface area contributed by atoms with Gasteiger partial charge in [0, 0.05) is 21.5 Å². The minimum absolute atomic E-state index is 0.214. The lowest BCUT2D eigenvalue weighted by molar-refractivity contribution is 0.00709. The zero-order valence-corrected chi connectivity index (χ0v) is 14.4. The number of allylic oxidation sites excluding steroid dienone is 2. The predicted octanol–water partition coefficient (Wildman–Crippen LogP) is 4.78. The molecule has 1 aromatic rings. The zero-order chi connectivity index (χ0) is 15.5. The number of ether oxygens (including phenoxy) is 2. The highest BCUT2D eigenvalue weighted by atomic mass is 35.5. The fraction of sp³-hybridized carbons (Fsp3) is 0.444. The molecule has 0 bridgehead atoms. The van der Waals surface area contributed by atoms with E-state index >= 15 is 0 Å². The van der Waals surface area contributed by atoms with Crippen LogP contribution in [0.2, 0.25) is 0 Å². The lowest BCUT2D eigenvalue weighted by Crippen LogP contribution is -2.38. The summed E-state index contributed by atoms with van der Waals surface area (Å²) in [4.78, 5) is 0. The molecule has 22 heavy (non-hydrogen) atoms. The van der Waals surface area contributed by atoms with E-state index in [0.717, 1.165) is 22.8 Å². The second-order valence-corrected chi connectivity index (χ2v) is 7.89. The Balaban J connectivity index is 1.68. The van der Waals surface area contributed by atoms with Crippen LogP contribution >= 0.6 is 23.4 Å². The van der Waals surface area contributed by atoms with Gasteiger partial charge in [-0.25, -0.2) is 0 Å². The maximum atomic E-state index is 6.25. The molecular weight excluding hydrogens is 316 g/mol. The van der Waals surface area contributed by atoms with Gasteiger partial charge < -0.3 is 9.47 Å². The fourth-order valence-electron chi connectivity index (χ4n) is 3.06. The maximum absolute atomic E-state index is 6.25. The molecule has 0 spiro atoms. The molecule has 0 amide bonds. The van der Waals surface area contributed by atoms with Crippen molar-refractivity contribution in [1.29, 1.82) is 0 Å². The molecule has 1 aliphatic carbocycles. The van der Waals surface area contributed by atoms with Crippen LogP contribution in [0.5, 0.6) is 5.75 Å². The Morgan fingerprint density at radius 1 is 1.36 bits per heavy atom. The van der Waals surface area contributed by atoms with Gasteiger partial charge in [-0.15, -0.1) is 0 Å². The van der Waals surface area contributed by atoms with Crippen molar-refractivity contribution in [2.75, 3.05) is 7.11 Å². The Hall–Kier alpha value is -0.900. The molecule has 0 aromatic heterocycles. The third-order valence-corrected chi connectivity index (χ3v) is 5.85. The number of hydrogen-bond donors (Lipinski definition) is 0. The van der Waals surface area contributed by atoms with Crippen LogP contribution in [0.4, 0.5) is 0 Å².